The van der Waals surface area contributed by atoms with Crippen LogP contribution in [-0.2, 0) is 11.2 Å². The minimum Gasteiger partial charge on any atom is -0.325 e. The van der Waals surface area contributed by atoms with E-state index < -0.39 is 0 Å². The Morgan fingerprint density at radius 2 is 1.96 bits per heavy atom. The summed E-state index contributed by atoms with van der Waals surface area (Å²) in [5.74, 6) is 1.73. The summed E-state index contributed by atoms with van der Waals surface area (Å²) >= 11 is 1.52. The Balaban J connectivity index is 1.42. The molecule has 1 aromatic carbocycles. The molecule has 1 aromatic heterocycles. The van der Waals surface area contributed by atoms with Crippen LogP contribution in [0.5, 0.6) is 0 Å². The molecule has 0 spiro atoms. The number of nitrogens with one attached hydrogen (secondary N) is 1. The highest BCUT2D eigenvalue weighted by Crippen LogP contribution is 2.46. The van der Waals surface area contributed by atoms with Crippen molar-refractivity contribution in [3.8, 4) is 0 Å². The fourth-order valence-corrected chi connectivity index (χ4v) is 3.87. The summed E-state index contributed by atoms with van der Waals surface area (Å²) in [6.45, 7) is 4.06. The first kappa shape index (κ1) is 16.6. The number of carbonyl (C=O) groups is 1. The van der Waals surface area contributed by atoms with E-state index >= 15 is 0 Å². The summed E-state index contributed by atoms with van der Waals surface area (Å²) in [5, 5.41) is 12.5. The normalized spacial score (nSPS) is 18.2. The molecule has 1 heterocycles. The van der Waals surface area contributed by atoms with Gasteiger partial charge in [0.15, 0.2) is 5.16 Å². The molecular weight excluding hydrogens is 332 g/mol. The van der Waals surface area contributed by atoms with Gasteiger partial charge in [0.05, 0.1) is 5.25 Å². The largest absolute Gasteiger partial charge is 0.325 e. The summed E-state index contributed by atoms with van der Waals surface area (Å²) in [6, 6.07) is 8.58. The molecule has 0 bridgehead atoms. The van der Waals surface area contributed by atoms with E-state index in [0.29, 0.717) is 12.0 Å². The van der Waals surface area contributed by atoms with E-state index in [-0.39, 0.29) is 11.2 Å². The van der Waals surface area contributed by atoms with Crippen LogP contribution in [0.2, 0.25) is 0 Å². The zero-order valence-electron chi connectivity index (χ0n) is 14.7. The van der Waals surface area contributed by atoms with Gasteiger partial charge in [0.25, 0.3) is 0 Å². The zero-order valence-corrected chi connectivity index (χ0v) is 15.6. The number of nitrogens with zero attached hydrogens (tertiary/aromatic N) is 3. The fraction of sp³-hybridized carbons (Fsp3) is 0.526. The van der Waals surface area contributed by atoms with Crippen LogP contribution < -0.4 is 5.32 Å². The van der Waals surface area contributed by atoms with Crippen LogP contribution >= 0.6 is 11.8 Å². The monoisotopic (exact) mass is 356 g/mol. The van der Waals surface area contributed by atoms with Gasteiger partial charge in [-0.2, -0.15) is 0 Å². The van der Waals surface area contributed by atoms with Crippen molar-refractivity contribution in [3.05, 3.63) is 35.7 Å². The Kier molecular flexibility index (Phi) is 4.54. The summed E-state index contributed by atoms with van der Waals surface area (Å²) in [5.41, 5.74) is 2.11. The lowest BCUT2D eigenvalue weighted by molar-refractivity contribution is -0.115. The van der Waals surface area contributed by atoms with E-state index in [4.69, 9.17) is 0 Å². The summed E-state index contributed by atoms with van der Waals surface area (Å²) < 4.78 is 2.29. The van der Waals surface area contributed by atoms with E-state index in [1.165, 1.54) is 43.0 Å². The highest BCUT2D eigenvalue weighted by Gasteiger charge is 2.37. The van der Waals surface area contributed by atoms with Crippen LogP contribution in [0.4, 0.5) is 5.69 Å². The number of aromatic nitrogens is 3. The predicted octanol–water partition coefficient (Wildman–Crippen LogP) is 4.17. The van der Waals surface area contributed by atoms with Crippen molar-refractivity contribution >= 4 is 23.4 Å². The third-order valence-electron chi connectivity index (χ3n) is 4.83. The molecule has 0 aliphatic heterocycles. The molecule has 0 radical (unpaired) electrons. The van der Waals surface area contributed by atoms with Crippen LogP contribution in [0.15, 0.2) is 29.4 Å². The van der Waals surface area contributed by atoms with Gasteiger partial charge in [-0.15, -0.1) is 10.2 Å². The van der Waals surface area contributed by atoms with Gasteiger partial charge in [0.1, 0.15) is 5.82 Å². The Morgan fingerprint density at radius 3 is 2.56 bits per heavy atom. The zero-order chi connectivity index (χ0) is 17.4. The lowest BCUT2D eigenvalue weighted by Crippen LogP contribution is -2.23. The predicted molar refractivity (Wildman–Crippen MR) is 100 cm³/mol. The molecule has 2 saturated carbocycles. The van der Waals surface area contributed by atoms with E-state index in [0.717, 1.165) is 23.1 Å². The first-order valence-corrected chi connectivity index (χ1v) is 10.0. The van der Waals surface area contributed by atoms with Crippen molar-refractivity contribution in [2.45, 2.75) is 68.3 Å². The van der Waals surface area contributed by atoms with Crippen LogP contribution in [0.3, 0.4) is 0 Å². The first-order valence-electron chi connectivity index (χ1n) is 9.17. The number of hydrogen-bond acceptors (Lipinski definition) is 4. The van der Waals surface area contributed by atoms with Gasteiger partial charge >= 0.3 is 0 Å². The summed E-state index contributed by atoms with van der Waals surface area (Å²) in [4.78, 5) is 12.5. The van der Waals surface area contributed by atoms with Gasteiger partial charge in [0.2, 0.25) is 5.91 Å². The standard InChI is InChI=1S/C19H24N4OS/c1-3-13-4-8-15(9-5-13)20-18(24)12(2)25-19-22-21-17(14-6-7-14)23(19)16-10-11-16/h4-5,8-9,12,14,16H,3,6-7,10-11H2,1-2H3,(H,20,24)/t12-/m0/s1. The van der Waals surface area contributed by atoms with Crippen molar-refractivity contribution in [2.75, 3.05) is 5.32 Å². The summed E-state index contributed by atoms with van der Waals surface area (Å²) in [7, 11) is 0. The second-order valence-electron chi connectivity index (χ2n) is 7.02. The van der Waals surface area contributed by atoms with Crippen LogP contribution in [0.1, 0.15) is 62.9 Å². The molecule has 132 valence electrons. The van der Waals surface area contributed by atoms with Gasteiger partial charge in [-0.3, -0.25) is 4.79 Å². The molecule has 6 heteroatoms. The molecule has 1 amide bonds. The summed E-state index contributed by atoms with van der Waals surface area (Å²) in [6.07, 6.45) is 5.85. The minimum atomic E-state index is -0.209. The second-order valence-corrected chi connectivity index (χ2v) is 8.32. The molecule has 2 aliphatic carbocycles. The number of thioether (sulfide) groups is 1. The van der Waals surface area contributed by atoms with E-state index in [9.17, 15) is 4.79 Å². The Labute approximate surface area is 152 Å². The van der Waals surface area contributed by atoms with E-state index in [1.807, 2.05) is 19.1 Å². The van der Waals surface area contributed by atoms with Crippen molar-refractivity contribution in [2.24, 2.45) is 0 Å². The maximum absolute atomic E-state index is 12.5. The number of aryl methyl sites for hydroxylation is 1. The molecule has 25 heavy (non-hydrogen) atoms. The quantitative estimate of drug-likeness (QED) is 0.756. The van der Waals surface area contributed by atoms with Gasteiger partial charge in [-0.05, 0) is 56.7 Å². The van der Waals surface area contributed by atoms with E-state index in [2.05, 4.69) is 39.1 Å². The highest BCUT2D eigenvalue weighted by molar-refractivity contribution is 8.00. The minimum absolute atomic E-state index is 0.00701. The first-order chi connectivity index (χ1) is 12.2. The smallest absolute Gasteiger partial charge is 0.237 e. The Morgan fingerprint density at radius 1 is 1.24 bits per heavy atom. The lowest BCUT2D eigenvalue weighted by atomic mass is 10.1. The molecule has 0 saturated heterocycles. The SMILES string of the molecule is CCc1ccc(NC(=O)[C@H](C)Sc2nnc(C3CC3)n2C2CC2)cc1. The molecule has 1 atom stereocenters. The number of amides is 1. The van der Waals surface area contributed by atoms with E-state index in [1.54, 1.807) is 0 Å². The number of carbonyl (C=O) groups excluding carboxylic acids is 1. The number of rotatable bonds is 7. The maximum atomic E-state index is 12.5. The maximum Gasteiger partial charge on any atom is 0.237 e. The Bertz CT molecular complexity index is 762. The molecule has 0 unspecified atom stereocenters. The van der Waals surface area contributed by atoms with Crippen LogP contribution in [0.25, 0.3) is 0 Å². The molecule has 1 N–H and O–H groups in total. The topological polar surface area (TPSA) is 59.8 Å². The van der Waals surface area contributed by atoms with Crippen molar-refractivity contribution in [3.63, 3.8) is 0 Å². The average Bonchev–Trinajstić information content (AvgIpc) is 3.54. The molecule has 4 rings (SSSR count). The highest BCUT2D eigenvalue weighted by atomic mass is 32.2. The van der Waals surface area contributed by atoms with Crippen LogP contribution in [0, 0.1) is 0 Å². The fourth-order valence-electron chi connectivity index (χ4n) is 2.94. The second kappa shape index (κ2) is 6.83. The molecule has 2 fully saturated rings. The number of anilines is 1. The third kappa shape index (κ3) is 3.73. The molecule has 2 aromatic rings. The van der Waals surface area contributed by atoms with Crippen LogP contribution in [-0.4, -0.2) is 25.9 Å². The van der Waals surface area contributed by atoms with Gasteiger partial charge in [-0.25, -0.2) is 0 Å². The van der Waals surface area contributed by atoms with Crippen molar-refractivity contribution < 1.29 is 4.79 Å². The number of hydrogen-bond donors (Lipinski definition) is 1. The molecule has 2 aliphatic rings. The Hall–Kier alpha value is -1.82. The van der Waals surface area contributed by atoms with Crippen molar-refractivity contribution in [1.29, 1.82) is 0 Å². The molecular formula is C19H24N4OS. The number of benzene rings is 1. The van der Waals surface area contributed by atoms with Crippen molar-refractivity contribution in [1.82, 2.24) is 14.8 Å². The third-order valence-corrected chi connectivity index (χ3v) is 5.88. The van der Waals surface area contributed by atoms with Gasteiger partial charge < -0.3 is 9.88 Å². The van der Waals surface area contributed by atoms with Gasteiger partial charge in [0, 0.05) is 17.6 Å². The lowest BCUT2D eigenvalue weighted by Gasteiger charge is -2.13. The average molecular weight is 356 g/mol. The van der Waals surface area contributed by atoms with Gasteiger partial charge in [-0.1, -0.05) is 30.8 Å². The molecule has 5 nitrogen and oxygen atoms in total.